The molecule has 1 unspecified atom stereocenters. The Balaban J connectivity index is 2.33. The van der Waals surface area contributed by atoms with Gasteiger partial charge in [0.25, 0.3) is 0 Å². The van der Waals surface area contributed by atoms with Crippen LogP contribution < -0.4 is 5.73 Å². The van der Waals surface area contributed by atoms with Crippen molar-refractivity contribution in [2.24, 2.45) is 5.73 Å². The maximum Gasteiger partial charge on any atom is 0.234 e. The molecule has 0 aliphatic carbocycles. The second-order valence-corrected chi connectivity index (χ2v) is 4.79. The van der Waals surface area contributed by atoms with Gasteiger partial charge in [-0.25, -0.2) is 0 Å². The standard InChI is InChI=1S/C10H14N4OS/c1-3-10(2,5-11)9-13-8(14-15-9)7-4-12-6-16-7/h4,6H,3,5,11H2,1-2H3. The summed E-state index contributed by atoms with van der Waals surface area (Å²) in [6.45, 7) is 4.58. The van der Waals surface area contributed by atoms with Crippen molar-refractivity contribution in [2.75, 3.05) is 6.54 Å². The second-order valence-electron chi connectivity index (χ2n) is 3.91. The normalized spacial score (nSPS) is 14.9. The van der Waals surface area contributed by atoms with Crippen LogP contribution in [-0.2, 0) is 5.41 Å². The SMILES string of the molecule is CCC(C)(CN)c1nc(-c2cncs2)no1. The van der Waals surface area contributed by atoms with E-state index in [1.54, 1.807) is 11.7 Å². The van der Waals surface area contributed by atoms with Gasteiger partial charge in [0.2, 0.25) is 11.7 Å². The number of aromatic nitrogens is 3. The molecule has 1 atom stereocenters. The molecule has 0 amide bonds. The summed E-state index contributed by atoms with van der Waals surface area (Å²) < 4.78 is 5.27. The number of nitrogens with two attached hydrogens (primary N) is 1. The van der Waals surface area contributed by atoms with Crippen LogP contribution in [0.3, 0.4) is 0 Å². The lowest BCUT2D eigenvalue weighted by molar-refractivity contribution is 0.291. The van der Waals surface area contributed by atoms with Crippen molar-refractivity contribution in [3.8, 4) is 10.7 Å². The highest BCUT2D eigenvalue weighted by atomic mass is 32.1. The van der Waals surface area contributed by atoms with E-state index >= 15 is 0 Å². The van der Waals surface area contributed by atoms with Crippen LogP contribution in [-0.4, -0.2) is 21.7 Å². The Labute approximate surface area is 97.7 Å². The van der Waals surface area contributed by atoms with E-state index < -0.39 is 0 Å². The lowest BCUT2D eigenvalue weighted by Gasteiger charge is -2.20. The summed E-state index contributed by atoms with van der Waals surface area (Å²) in [5.41, 5.74) is 7.24. The van der Waals surface area contributed by atoms with Gasteiger partial charge in [-0.05, 0) is 13.3 Å². The molecule has 2 heterocycles. The van der Waals surface area contributed by atoms with E-state index in [1.807, 2.05) is 6.92 Å². The lowest BCUT2D eigenvalue weighted by atomic mass is 9.88. The van der Waals surface area contributed by atoms with Crippen LogP contribution in [0, 0.1) is 0 Å². The van der Waals surface area contributed by atoms with Crippen LogP contribution in [0.4, 0.5) is 0 Å². The molecule has 0 aliphatic heterocycles. The molecular formula is C10H14N4OS. The van der Waals surface area contributed by atoms with E-state index in [1.165, 1.54) is 11.3 Å². The highest BCUT2D eigenvalue weighted by molar-refractivity contribution is 7.13. The molecule has 0 fully saturated rings. The molecule has 0 aromatic carbocycles. The third kappa shape index (κ3) is 1.85. The zero-order chi connectivity index (χ0) is 11.6. The van der Waals surface area contributed by atoms with Gasteiger partial charge in [-0.3, -0.25) is 4.98 Å². The number of rotatable bonds is 4. The summed E-state index contributed by atoms with van der Waals surface area (Å²) >= 11 is 1.49. The molecular weight excluding hydrogens is 224 g/mol. The largest absolute Gasteiger partial charge is 0.338 e. The fourth-order valence-electron chi connectivity index (χ4n) is 1.28. The van der Waals surface area contributed by atoms with Crippen molar-refractivity contribution in [1.29, 1.82) is 0 Å². The molecule has 2 N–H and O–H groups in total. The molecule has 5 nitrogen and oxygen atoms in total. The fourth-order valence-corrected chi connectivity index (χ4v) is 1.82. The van der Waals surface area contributed by atoms with E-state index in [0.717, 1.165) is 11.3 Å². The molecule has 0 spiro atoms. The van der Waals surface area contributed by atoms with Crippen molar-refractivity contribution in [2.45, 2.75) is 25.7 Å². The molecule has 16 heavy (non-hydrogen) atoms. The average Bonchev–Trinajstić information content (AvgIpc) is 2.97. The Morgan fingerprint density at radius 1 is 1.56 bits per heavy atom. The van der Waals surface area contributed by atoms with Crippen molar-refractivity contribution in [3.05, 3.63) is 17.6 Å². The molecule has 2 rings (SSSR count). The molecule has 0 aliphatic rings. The second kappa shape index (κ2) is 4.31. The first-order chi connectivity index (χ1) is 7.69. The van der Waals surface area contributed by atoms with E-state index in [0.29, 0.717) is 18.3 Å². The number of hydrogen-bond donors (Lipinski definition) is 1. The summed E-state index contributed by atoms with van der Waals surface area (Å²) in [5, 5.41) is 3.95. The molecule has 0 saturated heterocycles. The van der Waals surface area contributed by atoms with E-state index in [2.05, 4.69) is 22.0 Å². The molecule has 86 valence electrons. The average molecular weight is 238 g/mol. The molecule has 2 aromatic heterocycles. The molecule has 0 saturated carbocycles. The third-order valence-corrected chi connectivity index (χ3v) is 3.59. The first kappa shape index (κ1) is 11.2. The van der Waals surface area contributed by atoms with Crippen molar-refractivity contribution >= 4 is 11.3 Å². The van der Waals surface area contributed by atoms with Crippen LogP contribution in [0.15, 0.2) is 16.2 Å². The van der Waals surface area contributed by atoms with Crippen molar-refractivity contribution in [3.63, 3.8) is 0 Å². The van der Waals surface area contributed by atoms with Gasteiger partial charge in [0.05, 0.1) is 15.8 Å². The highest BCUT2D eigenvalue weighted by Crippen LogP contribution is 2.27. The number of hydrogen-bond acceptors (Lipinski definition) is 6. The Hall–Kier alpha value is -1.27. The first-order valence-corrected chi connectivity index (χ1v) is 6.00. The topological polar surface area (TPSA) is 77.8 Å². The minimum absolute atomic E-state index is 0.240. The first-order valence-electron chi connectivity index (χ1n) is 5.12. The summed E-state index contributed by atoms with van der Waals surface area (Å²) in [4.78, 5) is 9.27. The summed E-state index contributed by atoms with van der Waals surface area (Å²) in [6, 6.07) is 0. The van der Waals surface area contributed by atoms with Crippen LogP contribution in [0.2, 0.25) is 0 Å². The van der Waals surface area contributed by atoms with E-state index in [-0.39, 0.29) is 5.41 Å². The Bertz CT molecular complexity index is 447. The van der Waals surface area contributed by atoms with Crippen LogP contribution in [0.5, 0.6) is 0 Å². The van der Waals surface area contributed by atoms with Gasteiger partial charge in [0.1, 0.15) is 0 Å². The minimum atomic E-state index is -0.240. The molecule has 2 aromatic rings. The maximum atomic E-state index is 5.74. The Morgan fingerprint density at radius 2 is 2.38 bits per heavy atom. The molecule has 0 radical (unpaired) electrons. The fraction of sp³-hybridized carbons (Fsp3) is 0.500. The maximum absolute atomic E-state index is 5.74. The summed E-state index contributed by atoms with van der Waals surface area (Å²) in [7, 11) is 0. The predicted octanol–water partition coefficient (Wildman–Crippen LogP) is 1.82. The Morgan fingerprint density at radius 3 is 2.94 bits per heavy atom. The molecule has 6 heteroatoms. The van der Waals surface area contributed by atoms with Gasteiger partial charge in [-0.1, -0.05) is 12.1 Å². The van der Waals surface area contributed by atoms with Crippen LogP contribution >= 0.6 is 11.3 Å². The lowest BCUT2D eigenvalue weighted by Crippen LogP contribution is -2.31. The zero-order valence-electron chi connectivity index (χ0n) is 9.30. The van der Waals surface area contributed by atoms with Crippen LogP contribution in [0.1, 0.15) is 26.2 Å². The van der Waals surface area contributed by atoms with Gasteiger partial charge in [0.15, 0.2) is 0 Å². The predicted molar refractivity (Wildman–Crippen MR) is 62.1 cm³/mol. The summed E-state index contributed by atoms with van der Waals surface area (Å²) in [6.07, 6.45) is 2.60. The quantitative estimate of drug-likeness (QED) is 0.879. The highest BCUT2D eigenvalue weighted by Gasteiger charge is 2.29. The smallest absolute Gasteiger partial charge is 0.234 e. The molecule has 0 bridgehead atoms. The van der Waals surface area contributed by atoms with Crippen molar-refractivity contribution in [1.82, 2.24) is 15.1 Å². The van der Waals surface area contributed by atoms with Gasteiger partial charge >= 0.3 is 0 Å². The van der Waals surface area contributed by atoms with Gasteiger partial charge in [-0.15, -0.1) is 11.3 Å². The number of thiazole rings is 1. The number of nitrogens with zero attached hydrogens (tertiary/aromatic N) is 3. The van der Waals surface area contributed by atoms with Crippen molar-refractivity contribution < 1.29 is 4.52 Å². The zero-order valence-corrected chi connectivity index (χ0v) is 10.1. The van der Waals surface area contributed by atoms with E-state index in [9.17, 15) is 0 Å². The minimum Gasteiger partial charge on any atom is -0.338 e. The Kier molecular flexibility index (Phi) is 3.02. The monoisotopic (exact) mass is 238 g/mol. The van der Waals surface area contributed by atoms with Crippen LogP contribution in [0.25, 0.3) is 10.7 Å². The van der Waals surface area contributed by atoms with Gasteiger partial charge in [-0.2, -0.15) is 4.98 Å². The van der Waals surface area contributed by atoms with Gasteiger partial charge < -0.3 is 10.3 Å². The van der Waals surface area contributed by atoms with Gasteiger partial charge in [0, 0.05) is 12.7 Å². The van der Waals surface area contributed by atoms with E-state index in [4.69, 9.17) is 10.3 Å². The third-order valence-electron chi connectivity index (χ3n) is 2.83. The summed E-state index contributed by atoms with van der Waals surface area (Å²) in [5.74, 6) is 1.19.